The summed E-state index contributed by atoms with van der Waals surface area (Å²) in [5.41, 5.74) is 3.76. The number of aromatic nitrogens is 2. The number of nitrogens with one attached hydrogen (secondary N) is 1. The van der Waals surface area contributed by atoms with Crippen molar-refractivity contribution in [1.82, 2.24) is 19.6 Å². The number of amides is 2. The van der Waals surface area contributed by atoms with Crippen LogP contribution in [0.25, 0.3) is 5.65 Å². The Morgan fingerprint density at radius 3 is 2.74 bits per heavy atom. The maximum Gasteiger partial charge on any atom is 0.246 e. The second-order valence-electron chi connectivity index (χ2n) is 6.58. The number of rotatable bonds is 4. The van der Waals surface area contributed by atoms with E-state index in [4.69, 9.17) is 0 Å². The molecule has 1 aromatic carbocycles. The summed E-state index contributed by atoms with van der Waals surface area (Å²) in [6.45, 7) is 4.29. The van der Waals surface area contributed by atoms with Crippen LogP contribution in [-0.4, -0.2) is 32.1 Å². The van der Waals surface area contributed by atoms with Gasteiger partial charge in [-0.2, -0.15) is 0 Å². The Morgan fingerprint density at radius 1 is 1.19 bits per heavy atom. The Hall–Kier alpha value is -3.41. The molecule has 3 heterocycles. The average molecular weight is 360 g/mol. The Kier molecular flexibility index (Phi) is 4.46. The minimum Gasteiger partial charge on any atom is -0.349 e. The molecule has 2 amide bonds. The summed E-state index contributed by atoms with van der Waals surface area (Å²) in [6, 6.07) is 13.1. The molecule has 0 fully saturated rings. The number of fused-ring (bicyclic) bond motifs is 2. The third-order valence-corrected chi connectivity index (χ3v) is 4.87. The van der Waals surface area contributed by atoms with Crippen LogP contribution in [0.15, 0.2) is 67.5 Å². The molecule has 0 saturated carbocycles. The minimum atomic E-state index is -0.553. The van der Waals surface area contributed by atoms with Crippen molar-refractivity contribution in [3.05, 3.63) is 84.3 Å². The van der Waals surface area contributed by atoms with Gasteiger partial charge in [0.2, 0.25) is 11.8 Å². The topological polar surface area (TPSA) is 66.7 Å². The lowest BCUT2D eigenvalue weighted by Crippen LogP contribution is -2.52. The molecule has 2 aromatic heterocycles. The maximum absolute atomic E-state index is 12.9. The van der Waals surface area contributed by atoms with Crippen LogP contribution in [0.5, 0.6) is 0 Å². The average Bonchev–Trinajstić information content (AvgIpc) is 3.13. The first kappa shape index (κ1) is 17.0. The second kappa shape index (κ2) is 7.07. The van der Waals surface area contributed by atoms with Gasteiger partial charge in [-0.1, -0.05) is 36.9 Å². The molecule has 6 heteroatoms. The molecule has 0 saturated heterocycles. The Labute approximate surface area is 157 Å². The van der Waals surface area contributed by atoms with Crippen LogP contribution in [0, 0.1) is 0 Å². The van der Waals surface area contributed by atoms with Crippen LogP contribution in [0.2, 0.25) is 0 Å². The van der Waals surface area contributed by atoms with Gasteiger partial charge in [-0.15, -0.1) is 0 Å². The molecular weight excluding hydrogens is 340 g/mol. The molecule has 0 radical (unpaired) electrons. The summed E-state index contributed by atoms with van der Waals surface area (Å²) in [4.78, 5) is 31.2. The molecule has 0 bridgehead atoms. The van der Waals surface area contributed by atoms with E-state index in [0.717, 1.165) is 22.5 Å². The molecule has 136 valence electrons. The fourth-order valence-electron chi connectivity index (χ4n) is 3.47. The van der Waals surface area contributed by atoms with E-state index < -0.39 is 6.04 Å². The Morgan fingerprint density at radius 2 is 1.96 bits per heavy atom. The summed E-state index contributed by atoms with van der Waals surface area (Å²) in [5, 5.41) is 2.93. The number of hydrogen-bond acceptors (Lipinski definition) is 3. The molecule has 0 spiro atoms. The monoisotopic (exact) mass is 360 g/mol. The summed E-state index contributed by atoms with van der Waals surface area (Å²) < 4.78 is 1.91. The molecule has 0 aliphatic carbocycles. The van der Waals surface area contributed by atoms with Crippen molar-refractivity contribution in [3.8, 4) is 0 Å². The predicted molar refractivity (Wildman–Crippen MR) is 102 cm³/mol. The van der Waals surface area contributed by atoms with Crippen LogP contribution in [0.3, 0.4) is 0 Å². The predicted octanol–water partition coefficient (Wildman–Crippen LogP) is 2.09. The highest BCUT2D eigenvalue weighted by atomic mass is 16.2. The quantitative estimate of drug-likeness (QED) is 0.725. The van der Waals surface area contributed by atoms with Gasteiger partial charge in [0.15, 0.2) is 0 Å². The highest BCUT2D eigenvalue weighted by Crippen LogP contribution is 2.24. The third-order valence-electron chi connectivity index (χ3n) is 4.87. The molecule has 1 atom stereocenters. The first-order valence-electron chi connectivity index (χ1n) is 8.86. The molecule has 3 aromatic rings. The fourth-order valence-corrected chi connectivity index (χ4v) is 3.47. The smallest absolute Gasteiger partial charge is 0.246 e. The van der Waals surface area contributed by atoms with Crippen LogP contribution in [0.4, 0.5) is 0 Å². The van der Waals surface area contributed by atoms with Crippen molar-refractivity contribution in [3.63, 3.8) is 0 Å². The molecule has 1 aliphatic heterocycles. The van der Waals surface area contributed by atoms with Gasteiger partial charge < -0.3 is 14.6 Å². The van der Waals surface area contributed by atoms with Crippen LogP contribution < -0.4 is 5.32 Å². The third kappa shape index (κ3) is 3.33. The van der Waals surface area contributed by atoms with E-state index in [9.17, 15) is 9.59 Å². The fraction of sp³-hybridized carbons (Fsp3) is 0.190. The SMILES string of the molecule is C=CC(=O)N1Cc2ccccc2C[C@H]1C(=O)NCc1cn2ccccc2n1. The van der Waals surface area contributed by atoms with Gasteiger partial charge in [-0.25, -0.2) is 4.98 Å². The zero-order valence-electron chi connectivity index (χ0n) is 14.8. The first-order chi connectivity index (χ1) is 13.2. The van der Waals surface area contributed by atoms with Crippen molar-refractivity contribution in [2.45, 2.75) is 25.6 Å². The number of carbonyl (C=O) groups excluding carboxylic acids is 2. The zero-order valence-corrected chi connectivity index (χ0v) is 14.8. The van der Waals surface area contributed by atoms with E-state index in [1.165, 1.54) is 6.08 Å². The Balaban J connectivity index is 1.51. The first-order valence-corrected chi connectivity index (χ1v) is 8.86. The zero-order chi connectivity index (χ0) is 18.8. The van der Waals surface area contributed by atoms with Crippen molar-refractivity contribution < 1.29 is 9.59 Å². The van der Waals surface area contributed by atoms with Crippen LogP contribution in [-0.2, 0) is 29.1 Å². The lowest BCUT2D eigenvalue weighted by Gasteiger charge is -2.35. The summed E-state index contributed by atoms with van der Waals surface area (Å²) in [5.74, 6) is -0.422. The van der Waals surface area contributed by atoms with Gasteiger partial charge in [0.1, 0.15) is 11.7 Å². The van der Waals surface area contributed by atoms with E-state index in [-0.39, 0.29) is 11.8 Å². The molecule has 1 N–H and O–H groups in total. The highest BCUT2D eigenvalue weighted by molar-refractivity contribution is 5.93. The van der Waals surface area contributed by atoms with E-state index in [1.807, 2.05) is 59.3 Å². The number of hydrogen-bond donors (Lipinski definition) is 1. The summed E-state index contributed by atoms with van der Waals surface area (Å²) in [7, 11) is 0. The molecular formula is C21H20N4O2. The highest BCUT2D eigenvalue weighted by Gasteiger charge is 2.33. The van der Waals surface area contributed by atoms with Crippen molar-refractivity contribution in [2.75, 3.05) is 0 Å². The van der Waals surface area contributed by atoms with E-state index in [1.54, 1.807) is 4.90 Å². The van der Waals surface area contributed by atoms with Gasteiger partial charge in [0.25, 0.3) is 0 Å². The van der Waals surface area contributed by atoms with Crippen LogP contribution in [0.1, 0.15) is 16.8 Å². The lowest BCUT2D eigenvalue weighted by molar-refractivity contribution is -0.138. The van der Waals surface area contributed by atoms with Crippen LogP contribution >= 0.6 is 0 Å². The van der Waals surface area contributed by atoms with Gasteiger partial charge in [-0.3, -0.25) is 9.59 Å². The lowest BCUT2D eigenvalue weighted by atomic mass is 9.93. The van der Waals surface area contributed by atoms with Crippen molar-refractivity contribution >= 4 is 17.5 Å². The summed E-state index contributed by atoms with van der Waals surface area (Å²) >= 11 is 0. The standard InChI is InChI=1S/C21H20N4O2/c1-2-20(26)25-13-16-8-4-3-7-15(16)11-18(25)21(27)22-12-17-14-24-10-6-5-9-19(24)23-17/h2-10,14,18H,1,11-13H2,(H,22,27)/t18-/m0/s1. The maximum atomic E-state index is 12.9. The van der Waals surface area contributed by atoms with E-state index in [2.05, 4.69) is 16.9 Å². The molecule has 0 unspecified atom stereocenters. The number of benzene rings is 1. The van der Waals surface area contributed by atoms with Gasteiger partial charge in [0, 0.05) is 25.4 Å². The molecule has 6 nitrogen and oxygen atoms in total. The van der Waals surface area contributed by atoms with Gasteiger partial charge in [0.05, 0.1) is 12.2 Å². The molecule has 27 heavy (non-hydrogen) atoms. The largest absolute Gasteiger partial charge is 0.349 e. The van der Waals surface area contributed by atoms with Crippen molar-refractivity contribution in [2.24, 2.45) is 0 Å². The van der Waals surface area contributed by atoms with E-state index >= 15 is 0 Å². The van der Waals surface area contributed by atoms with Gasteiger partial charge in [-0.05, 0) is 29.3 Å². The molecule has 4 rings (SSSR count). The number of imidazole rings is 1. The number of pyridine rings is 1. The summed E-state index contributed by atoms with van der Waals surface area (Å²) in [6.07, 6.45) is 5.55. The van der Waals surface area contributed by atoms with Crippen molar-refractivity contribution in [1.29, 1.82) is 0 Å². The number of carbonyl (C=O) groups is 2. The minimum absolute atomic E-state index is 0.184. The Bertz CT molecular complexity index is 991. The number of nitrogens with zero attached hydrogens (tertiary/aromatic N) is 3. The van der Waals surface area contributed by atoms with E-state index in [0.29, 0.717) is 19.5 Å². The second-order valence-corrected chi connectivity index (χ2v) is 6.58. The molecule has 1 aliphatic rings. The normalized spacial score (nSPS) is 16.0. The van der Waals surface area contributed by atoms with Gasteiger partial charge >= 0.3 is 0 Å².